The van der Waals surface area contributed by atoms with Crippen LogP contribution >= 0.6 is 0 Å². The second-order valence-corrected chi connectivity index (χ2v) is 6.55. The number of nitrogens with zero attached hydrogens (tertiary/aromatic N) is 3. The van der Waals surface area contributed by atoms with E-state index in [9.17, 15) is 0 Å². The van der Waals surface area contributed by atoms with Gasteiger partial charge in [-0.15, -0.1) is 5.10 Å². The summed E-state index contributed by atoms with van der Waals surface area (Å²) >= 11 is 0. The summed E-state index contributed by atoms with van der Waals surface area (Å²) in [6, 6.07) is 0.245. The second kappa shape index (κ2) is 5.21. The van der Waals surface area contributed by atoms with Gasteiger partial charge < -0.3 is 10.1 Å². The van der Waals surface area contributed by atoms with Crippen molar-refractivity contribution in [2.24, 2.45) is 0 Å². The van der Waals surface area contributed by atoms with Gasteiger partial charge in [0, 0.05) is 13.0 Å². The molecule has 5 nitrogen and oxygen atoms in total. The van der Waals surface area contributed by atoms with Crippen LogP contribution in [0.5, 0.6) is 0 Å². The van der Waals surface area contributed by atoms with Gasteiger partial charge >= 0.3 is 0 Å². The Bertz CT molecular complexity index is 425. The summed E-state index contributed by atoms with van der Waals surface area (Å²) in [7, 11) is 0. The number of hydrogen-bond donors (Lipinski definition) is 1. The van der Waals surface area contributed by atoms with Gasteiger partial charge in [-0.25, -0.2) is 4.68 Å². The van der Waals surface area contributed by atoms with Gasteiger partial charge in [0.1, 0.15) is 0 Å². The summed E-state index contributed by atoms with van der Waals surface area (Å²) in [5.74, 6) is 0. The van der Waals surface area contributed by atoms with E-state index in [1.807, 2.05) is 10.9 Å². The van der Waals surface area contributed by atoms with Crippen molar-refractivity contribution in [1.82, 2.24) is 20.3 Å². The van der Waals surface area contributed by atoms with E-state index in [-0.39, 0.29) is 17.2 Å². The zero-order valence-corrected chi connectivity index (χ0v) is 12.7. The lowest BCUT2D eigenvalue weighted by Crippen LogP contribution is -2.31. The Labute approximate surface area is 115 Å². The molecule has 0 aliphatic carbocycles. The van der Waals surface area contributed by atoms with Gasteiger partial charge in [-0.1, -0.05) is 12.1 Å². The minimum atomic E-state index is -0.203. The molecule has 2 heterocycles. The quantitative estimate of drug-likeness (QED) is 0.831. The van der Waals surface area contributed by atoms with Crippen molar-refractivity contribution in [2.45, 2.75) is 71.2 Å². The Kier molecular flexibility index (Phi) is 3.97. The number of ether oxygens (including phenoxy) is 1. The molecular formula is C14H26N4O. The summed E-state index contributed by atoms with van der Waals surface area (Å²) < 4.78 is 8.08. The molecule has 108 valence electrons. The van der Waals surface area contributed by atoms with Gasteiger partial charge in [-0.05, 0) is 40.7 Å². The minimum absolute atomic E-state index is 0.0965. The molecule has 0 spiro atoms. The first-order valence-corrected chi connectivity index (χ1v) is 7.16. The normalized spacial score (nSPS) is 24.8. The monoisotopic (exact) mass is 266 g/mol. The molecule has 0 amide bonds. The highest BCUT2D eigenvalue weighted by Crippen LogP contribution is 2.44. The van der Waals surface area contributed by atoms with E-state index in [4.69, 9.17) is 4.74 Å². The first-order valence-electron chi connectivity index (χ1n) is 7.16. The predicted octanol–water partition coefficient (Wildman–Crippen LogP) is 2.30. The Morgan fingerprint density at radius 3 is 2.74 bits per heavy atom. The fraction of sp³-hybridized carbons (Fsp3) is 0.857. The van der Waals surface area contributed by atoms with Crippen LogP contribution in [0.25, 0.3) is 0 Å². The SMILES string of the molecule is CCCNCc1cn(C2CC(C)(C)OC2(C)C)nn1. The van der Waals surface area contributed by atoms with Gasteiger partial charge in [0.25, 0.3) is 0 Å². The predicted molar refractivity (Wildman–Crippen MR) is 74.9 cm³/mol. The first kappa shape index (κ1) is 14.5. The van der Waals surface area contributed by atoms with Crippen LogP contribution in [-0.2, 0) is 11.3 Å². The lowest BCUT2D eigenvalue weighted by atomic mass is 9.95. The van der Waals surface area contributed by atoms with Crippen molar-refractivity contribution in [2.75, 3.05) is 6.54 Å². The minimum Gasteiger partial charge on any atom is -0.367 e. The highest BCUT2D eigenvalue weighted by molar-refractivity contribution is 5.01. The fourth-order valence-corrected chi connectivity index (χ4v) is 2.89. The Hall–Kier alpha value is -0.940. The summed E-state index contributed by atoms with van der Waals surface area (Å²) in [6.45, 7) is 12.5. The maximum atomic E-state index is 6.11. The molecular weight excluding hydrogens is 240 g/mol. The van der Waals surface area contributed by atoms with Crippen LogP contribution in [0.3, 0.4) is 0 Å². The molecule has 19 heavy (non-hydrogen) atoms. The molecule has 2 rings (SSSR count). The van der Waals surface area contributed by atoms with Crippen LogP contribution in [0.15, 0.2) is 6.20 Å². The molecule has 1 saturated heterocycles. The molecule has 1 aliphatic heterocycles. The van der Waals surface area contributed by atoms with E-state index < -0.39 is 0 Å². The van der Waals surface area contributed by atoms with E-state index in [1.165, 1.54) is 0 Å². The highest BCUT2D eigenvalue weighted by atomic mass is 16.5. The second-order valence-electron chi connectivity index (χ2n) is 6.55. The number of hydrogen-bond acceptors (Lipinski definition) is 4. The molecule has 0 radical (unpaired) electrons. The Morgan fingerprint density at radius 2 is 2.16 bits per heavy atom. The van der Waals surface area contributed by atoms with E-state index in [2.05, 4.69) is 50.2 Å². The maximum Gasteiger partial charge on any atom is 0.0964 e. The molecule has 1 unspecified atom stereocenters. The molecule has 1 aromatic heterocycles. The molecule has 1 aromatic rings. The zero-order valence-electron chi connectivity index (χ0n) is 12.7. The summed E-state index contributed by atoms with van der Waals surface area (Å²) in [5.41, 5.74) is 0.695. The molecule has 1 fully saturated rings. The summed E-state index contributed by atoms with van der Waals surface area (Å²) in [5, 5.41) is 11.9. The van der Waals surface area contributed by atoms with Crippen molar-refractivity contribution >= 4 is 0 Å². The van der Waals surface area contributed by atoms with Crippen molar-refractivity contribution < 1.29 is 4.74 Å². The maximum absolute atomic E-state index is 6.11. The van der Waals surface area contributed by atoms with Gasteiger partial charge in [-0.3, -0.25) is 0 Å². The molecule has 0 aromatic carbocycles. The van der Waals surface area contributed by atoms with Crippen molar-refractivity contribution in [3.8, 4) is 0 Å². The number of nitrogens with one attached hydrogen (secondary N) is 1. The third kappa shape index (κ3) is 3.34. The van der Waals surface area contributed by atoms with E-state index in [0.717, 1.165) is 31.6 Å². The van der Waals surface area contributed by atoms with Gasteiger partial charge in [0.2, 0.25) is 0 Å². The lowest BCUT2D eigenvalue weighted by molar-refractivity contribution is -0.0738. The molecule has 0 saturated carbocycles. The third-order valence-electron chi connectivity index (χ3n) is 3.64. The Morgan fingerprint density at radius 1 is 1.42 bits per heavy atom. The number of aromatic nitrogens is 3. The van der Waals surface area contributed by atoms with E-state index in [1.54, 1.807) is 0 Å². The van der Waals surface area contributed by atoms with Crippen LogP contribution in [0, 0.1) is 0 Å². The van der Waals surface area contributed by atoms with Crippen molar-refractivity contribution in [1.29, 1.82) is 0 Å². The van der Waals surface area contributed by atoms with Gasteiger partial charge in [-0.2, -0.15) is 0 Å². The number of rotatable bonds is 5. The zero-order chi connectivity index (χ0) is 14.1. The molecule has 0 bridgehead atoms. The van der Waals surface area contributed by atoms with E-state index in [0.29, 0.717) is 0 Å². The van der Waals surface area contributed by atoms with Crippen LogP contribution in [0.1, 0.15) is 59.2 Å². The van der Waals surface area contributed by atoms with Crippen LogP contribution in [0.2, 0.25) is 0 Å². The largest absolute Gasteiger partial charge is 0.367 e. The molecule has 5 heteroatoms. The standard InChI is InChI=1S/C14H26N4O/c1-6-7-15-9-11-10-18(17-16-11)12-8-13(2,3)19-14(12,4)5/h10,12,15H,6-9H2,1-5H3. The Balaban J connectivity index is 2.06. The fourth-order valence-electron chi connectivity index (χ4n) is 2.89. The average Bonchev–Trinajstić information content (AvgIpc) is 2.80. The summed E-state index contributed by atoms with van der Waals surface area (Å²) in [4.78, 5) is 0. The van der Waals surface area contributed by atoms with Crippen molar-refractivity contribution in [3.63, 3.8) is 0 Å². The highest BCUT2D eigenvalue weighted by Gasteiger charge is 2.47. The van der Waals surface area contributed by atoms with E-state index >= 15 is 0 Å². The molecule has 1 N–H and O–H groups in total. The summed E-state index contributed by atoms with van der Waals surface area (Å²) in [6.07, 6.45) is 4.14. The van der Waals surface area contributed by atoms with Crippen molar-refractivity contribution in [3.05, 3.63) is 11.9 Å². The van der Waals surface area contributed by atoms with Crippen LogP contribution < -0.4 is 5.32 Å². The lowest BCUT2D eigenvalue weighted by Gasteiger charge is -2.26. The average molecular weight is 266 g/mol. The van der Waals surface area contributed by atoms with Gasteiger partial charge in [0.15, 0.2) is 0 Å². The molecule has 1 atom stereocenters. The van der Waals surface area contributed by atoms with Gasteiger partial charge in [0.05, 0.1) is 29.1 Å². The third-order valence-corrected chi connectivity index (χ3v) is 3.64. The smallest absolute Gasteiger partial charge is 0.0964 e. The topological polar surface area (TPSA) is 52.0 Å². The first-order chi connectivity index (χ1) is 8.84. The molecule has 1 aliphatic rings. The van der Waals surface area contributed by atoms with Crippen LogP contribution in [0.4, 0.5) is 0 Å². The van der Waals surface area contributed by atoms with Crippen LogP contribution in [-0.4, -0.2) is 32.7 Å².